The van der Waals surface area contributed by atoms with Crippen molar-refractivity contribution in [1.29, 1.82) is 0 Å². The highest BCUT2D eigenvalue weighted by molar-refractivity contribution is 5.79. The SMILES string of the molecule is CCNC(=NCC1CCCN(C(C)C)C1)NCCC(OCC)C(C)C. The maximum Gasteiger partial charge on any atom is 0.191 e. The van der Waals surface area contributed by atoms with E-state index in [-0.39, 0.29) is 0 Å². The summed E-state index contributed by atoms with van der Waals surface area (Å²) in [7, 11) is 0. The Kier molecular flexibility index (Phi) is 11.1. The van der Waals surface area contributed by atoms with Crippen LogP contribution >= 0.6 is 0 Å². The minimum Gasteiger partial charge on any atom is -0.378 e. The summed E-state index contributed by atoms with van der Waals surface area (Å²) < 4.78 is 5.83. The zero-order valence-electron chi connectivity index (χ0n) is 17.5. The number of ether oxygens (including phenoxy) is 1. The zero-order valence-corrected chi connectivity index (χ0v) is 17.5. The molecule has 0 aromatic carbocycles. The van der Waals surface area contributed by atoms with Gasteiger partial charge in [0.1, 0.15) is 0 Å². The lowest BCUT2D eigenvalue weighted by Gasteiger charge is -2.34. The van der Waals surface area contributed by atoms with Gasteiger partial charge in [0.2, 0.25) is 0 Å². The van der Waals surface area contributed by atoms with Gasteiger partial charge in [0.05, 0.1) is 6.10 Å². The number of piperidine rings is 1. The third-order valence-electron chi connectivity index (χ3n) is 4.98. The van der Waals surface area contributed by atoms with Gasteiger partial charge in [-0.3, -0.25) is 4.99 Å². The first-order valence-electron chi connectivity index (χ1n) is 10.4. The molecule has 0 saturated carbocycles. The van der Waals surface area contributed by atoms with E-state index in [1.165, 1.54) is 25.9 Å². The summed E-state index contributed by atoms with van der Waals surface area (Å²) in [5.74, 6) is 2.17. The molecule has 5 nitrogen and oxygen atoms in total. The van der Waals surface area contributed by atoms with E-state index in [9.17, 15) is 0 Å². The standard InChI is InChI=1S/C20H42N4O/c1-7-21-20(22-12-11-19(16(3)4)25-8-2)23-14-18-10-9-13-24(15-18)17(5)6/h16-19H,7-15H2,1-6H3,(H2,21,22,23). The Hall–Kier alpha value is -0.810. The molecule has 148 valence electrons. The van der Waals surface area contributed by atoms with Crippen LogP contribution in [0.1, 0.15) is 60.8 Å². The second kappa shape index (κ2) is 12.5. The van der Waals surface area contributed by atoms with Gasteiger partial charge in [-0.15, -0.1) is 0 Å². The fourth-order valence-electron chi connectivity index (χ4n) is 3.43. The Morgan fingerprint density at radius 3 is 2.56 bits per heavy atom. The lowest BCUT2D eigenvalue weighted by atomic mass is 9.97. The predicted octanol–water partition coefficient (Wildman–Crippen LogP) is 3.11. The third-order valence-corrected chi connectivity index (χ3v) is 4.98. The van der Waals surface area contributed by atoms with Crippen molar-refractivity contribution >= 4 is 5.96 Å². The van der Waals surface area contributed by atoms with Gasteiger partial charge >= 0.3 is 0 Å². The molecule has 1 fully saturated rings. The van der Waals surface area contributed by atoms with Crippen molar-refractivity contribution in [3.8, 4) is 0 Å². The third kappa shape index (κ3) is 8.91. The van der Waals surface area contributed by atoms with E-state index in [2.05, 4.69) is 57.1 Å². The van der Waals surface area contributed by atoms with Crippen LogP contribution in [-0.4, -0.2) is 62.3 Å². The topological polar surface area (TPSA) is 48.9 Å². The molecule has 0 bridgehead atoms. The summed E-state index contributed by atoms with van der Waals surface area (Å²) in [6.07, 6.45) is 3.93. The van der Waals surface area contributed by atoms with Crippen LogP contribution in [-0.2, 0) is 4.74 Å². The van der Waals surface area contributed by atoms with Gasteiger partial charge in [0, 0.05) is 38.8 Å². The molecule has 2 atom stereocenters. The van der Waals surface area contributed by atoms with Gasteiger partial charge in [-0.05, 0) is 65.3 Å². The van der Waals surface area contributed by atoms with Crippen molar-refractivity contribution < 1.29 is 4.74 Å². The van der Waals surface area contributed by atoms with E-state index in [1.54, 1.807) is 0 Å². The van der Waals surface area contributed by atoms with Crippen LogP contribution in [0.3, 0.4) is 0 Å². The molecule has 0 aromatic rings. The lowest BCUT2D eigenvalue weighted by molar-refractivity contribution is 0.0258. The summed E-state index contributed by atoms with van der Waals surface area (Å²) in [6.45, 7) is 19.1. The van der Waals surface area contributed by atoms with E-state index < -0.39 is 0 Å². The van der Waals surface area contributed by atoms with Crippen molar-refractivity contribution in [2.45, 2.75) is 73.0 Å². The molecular weight excluding hydrogens is 312 g/mol. The first-order valence-corrected chi connectivity index (χ1v) is 10.4. The molecular formula is C20H42N4O. The highest BCUT2D eigenvalue weighted by atomic mass is 16.5. The molecule has 0 aromatic heterocycles. The largest absolute Gasteiger partial charge is 0.378 e. The minimum absolute atomic E-state index is 0.318. The van der Waals surface area contributed by atoms with Crippen LogP contribution < -0.4 is 10.6 Å². The van der Waals surface area contributed by atoms with E-state index >= 15 is 0 Å². The van der Waals surface area contributed by atoms with Crippen LogP contribution in [0.15, 0.2) is 4.99 Å². The Labute approximate surface area is 156 Å². The molecule has 1 saturated heterocycles. The fraction of sp³-hybridized carbons (Fsp3) is 0.950. The highest BCUT2D eigenvalue weighted by Gasteiger charge is 2.21. The normalized spacial score (nSPS) is 21.0. The molecule has 0 aliphatic carbocycles. The maximum absolute atomic E-state index is 5.83. The molecule has 25 heavy (non-hydrogen) atoms. The number of guanidine groups is 1. The monoisotopic (exact) mass is 354 g/mol. The molecule has 1 aliphatic rings. The minimum atomic E-state index is 0.318. The first kappa shape index (κ1) is 22.2. The molecule has 1 aliphatic heterocycles. The molecule has 2 unspecified atom stereocenters. The number of nitrogens with zero attached hydrogens (tertiary/aromatic N) is 2. The number of hydrogen-bond acceptors (Lipinski definition) is 3. The van der Waals surface area contributed by atoms with E-state index in [0.29, 0.717) is 24.0 Å². The fourth-order valence-corrected chi connectivity index (χ4v) is 3.43. The Morgan fingerprint density at radius 2 is 1.96 bits per heavy atom. The van der Waals surface area contributed by atoms with Crippen molar-refractivity contribution in [3.63, 3.8) is 0 Å². The second-order valence-electron chi connectivity index (χ2n) is 7.77. The van der Waals surface area contributed by atoms with Crippen molar-refractivity contribution in [2.24, 2.45) is 16.8 Å². The molecule has 0 radical (unpaired) electrons. The summed E-state index contributed by atoms with van der Waals surface area (Å²) in [4.78, 5) is 7.43. The molecule has 2 N–H and O–H groups in total. The lowest BCUT2D eigenvalue weighted by Crippen LogP contribution is -2.42. The molecule has 0 amide bonds. The van der Waals surface area contributed by atoms with Gasteiger partial charge in [-0.25, -0.2) is 0 Å². The van der Waals surface area contributed by atoms with Gasteiger partial charge < -0.3 is 20.3 Å². The summed E-state index contributed by atoms with van der Waals surface area (Å²) in [5.41, 5.74) is 0. The van der Waals surface area contributed by atoms with E-state index in [4.69, 9.17) is 9.73 Å². The van der Waals surface area contributed by atoms with Crippen LogP contribution in [0.25, 0.3) is 0 Å². The number of aliphatic imine (C=N–C) groups is 1. The zero-order chi connectivity index (χ0) is 18.7. The Bertz CT molecular complexity index is 371. The molecule has 5 heteroatoms. The average molecular weight is 355 g/mol. The molecule has 1 rings (SSSR count). The van der Waals surface area contributed by atoms with Crippen LogP contribution in [0, 0.1) is 11.8 Å². The Balaban J connectivity index is 2.45. The van der Waals surface area contributed by atoms with Crippen molar-refractivity contribution in [2.75, 3.05) is 39.3 Å². The highest BCUT2D eigenvalue weighted by Crippen LogP contribution is 2.18. The van der Waals surface area contributed by atoms with E-state index in [1.807, 2.05) is 0 Å². The van der Waals surface area contributed by atoms with E-state index in [0.717, 1.165) is 38.6 Å². The molecule has 0 spiro atoms. The van der Waals surface area contributed by atoms with Crippen LogP contribution in [0.4, 0.5) is 0 Å². The van der Waals surface area contributed by atoms with Crippen LogP contribution in [0.2, 0.25) is 0 Å². The smallest absolute Gasteiger partial charge is 0.191 e. The number of hydrogen-bond donors (Lipinski definition) is 2. The van der Waals surface area contributed by atoms with Crippen molar-refractivity contribution in [1.82, 2.24) is 15.5 Å². The summed E-state index contributed by atoms with van der Waals surface area (Å²) in [5, 5.41) is 6.86. The number of likely N-dealkylation sites (tertiary alicyclic amines) is 1. The van der Waals surface area contributed by atoms with Gasteiger partial charge in [-0.1, -0.05) is 13.8 Å². The maximum atomic E-state index is 5.83. The average Bonchev–Trinajstić information content (AvgIpc) is 2.58. The van der Waals surface area contributed by atoms with Crippen molar-refractivity contribution in [3.05, 3.63) is 0 Å². The predicted molar refractivity (Wildman–Crippen MR) is 108 cm³/mol. The van der Waals surface area contributed by atoms with Gasteiger partial charge in [0.15, 0.2) is 5.96 Å². The quantitative estimate of drug-likeness (QED) is 0.467. The van der Waals surface area contributed by atoms with Gasteiger partial charge in [0.25, 0.3) is 0 Å². The summed E-state index contributed by atoms with van der Waals surface area (Å²) >= 11 is 0. The Morgan fingerprint density at radius 1 is 1.20 bits per heavy atom. The molecule has 1 heterocycles. The van der Waals surface area contributed by atoms with Crippen LogP contribution in [0.5, 0.6) is 0 Å². The summed E-state index contributed by atoms with van der Waals surface area (Å²) in [6, 6.07) is 0.643. The second-order valence-corrected chi connectivity index (χ2v) is 7.77. The van der Waals surface area contributed by atoms with Gasteiger partial charge in [-0.2, -0.15) is 0 Å². The first-order chi connectivity index (χ1) is 12.0. The number of rotatable bonds is 10. The number of nitrogens with one attached hydrogen (secondary N) is 2.